The summed E-state index contributed by atoms with van der Waals surface area (Å²) in [5, 5.41) is 3.14. The molecule has 0 aliphatic rings. The van der Waals surface area contributed by atoms with Crippen molar-refractivity contribution in [2.24, 2.45) is 0 Å². The van der Waals surface area contributed by atoms with Gasteiger partial charge in [-0.05, 0) is 6.92 Å². The molecule has 0 fully saturated rings. The van der Waals surface area contributed by atoms with E-state index in [2.05, 4.69) is 27.9 Å². The van der Waals surface area contributed by atoms with Crippen LogP contribution in [0.2, 0.25) is 0 Å². The van der Waals surface area contributed by atoms with E-state index in [1.807, 2.05) is 6.92 Å². The molecule has 0 heterocycles. The van der Waals surface area contributed by atoms with Crippen LogP contribution >= 0.6 is 22.6 Å². The third-order valence-electron chi connectivity index (χ3n) is 0.722. The summed E-state index contributed by atoms with van der Waals surface area (Å²) in [6.45, 7) is 4.63. The fourth-order valence-electron chi connectivity index (χ4n) is 0.355. The standard InChI is InChI=1S/C5H12INO/c1-2-8-4-3-7-5-6/h7H,2-5H2,1H3. The molecule has 2 nitrogen and oxygen atoms in total. The molecule has 8 heavy (non-hydrogen) atoms. The second kappa shape index (κ2) is 7.65. The fraction of sp³-hybridized carbons (Fsp3) is 1.00. The minimum atomic E-state index is 0.822. The first-order valence-corrected chi connectivity index (χ1v) is 4.28. The van der Waals surface area contributed by atoms with Gasteiger partial charge in [0.25, 0.3) is 0 Å². The highest BCUT2D eigenvalue weighted by Crippen LogP contribution is 1.74. The molecular weight excluding hydrogens is 217 g/mol. The van der Waals surface area contributed by atoms with Crippen molar-refractivity contribution in [3.63, 3.8) is 0 Å². The van der Waals surface area contributed by atoms with Crippen molar-refractivity contribution >= 4 is 22.6 Å². The Bertz CT molecular complexity index is 37.4. The number of nitrogens with one attached hydrogen (secondary N) is 1. The Morgan fingerprint density at radius 2 is 2.38 bits per heavy atom. The van der Waals surface area contributed by atoms with Gasteiger partial charge >= 0.3 is 0 Å². The lowest BCUT2D eigenvalue weighted by atomic mass is 10.7. The third kappa shape index (κ3) is 6.65. The van der Waals surface area contributed by atoms with E-state index in [4.69, 9.17) is 4.74 Å². The van der Waals surface area contributed by atoms with Crippen LogP contribution in [0.4, 0.5) is 0 Å². The minimum Gasteiger partial charge on any atom is -0.380 e. The average Bonchev–Trinajstić information content (AvgIpc) is 1.81. The van der Waals surface area contributed by atoms with Crippen LogP contribution < -0.4 is 5.32 Å². The Labute approximate surface area is 64.1 Å². The number of rotatable bonds is 5. The molecular formula is C5H12INO. The van der Waals surface area contributed by atoms with E-state index in [0.29, 0.717) is 0 Å². The number of hydrogen-bond donors (Lipinski definition) is 1. The molecule has 0 amide bonds. The molecule has 0 aromatic heterocycles. The molecule has 0 atom stereocenters. The third-order valence-corrected chi connectivity index (χ3v) is 1.26. The Morgan fingerprint density at radius 3 is 2.88 bits per heavy atom. The van der Waals surface area contributed by atoms with Gasteiger partial charge in [0.15, 0.2) is 0 Å². The molecule has 0 aromatic rings. The molecule has 0 saturated carbocycles. The van der Waals surface area contributed by atoms with Gasteiger partial charge in [-0.25, -0.2) is 0 Å². The predicted molar refractivity (Wildman–Crippen MR) is 43.4 cm³/mol. The van der Waals surface area contributed by atoms with Gasteiger partial charge in [0, 0.05) is 17.7 Å². The zero-order valence-corrected chi connectivity index (χ0v) is 7.27. The van der Waals surface area contributed by atoms with E-state index >= 15 is 0 Å². The SMILES string of the molecule is CCOCCNCI. The Kier molecular flexibility index (Phi) is 8.27. The van der Waals surface area contributed by atoms with Crippen LogP contribution in [0.3, 0.4) is 0 Å². The van der Waals surface area contributed by atoms with E-state index < -0.39 is 0 Å². The molecule has 0 aliphatic heterocycles. The summed E-state index contributed by atoms with van der Waals surface area (Å²) in [7, 11) is 0. The molecule has 1 N–H and O–H groups in total. The van der Waals surface area contributed by atoms with Gasteiger partial charge < -0.3 is 10.1 Å². The Balaban J connectivity index is 2.53. The first-order chi connectivity index (χ1) is 3.91. The molecule has 3 heteroatoms. The summed E-state index contributed by atoms with van der Waals surface area (Å²) in [5.41, 5.74) is 0. The lowest BCUT2D eigenvalue weighted by Gasteiger charge is -1.98. The maximum Gasteiger partial charge on any atom is 0.0591 e. The molecule has 0 aromatic carbocycles. The van der Waals surface area contributed by atoms with Crippen LogP contribution in [0.5, 0.6) is 0 Å². The summed E-state index contributed by atoms with van der Waals surface area (Å²) in [4.78, 5) is 0. The maximum absolute atomic E-state index is 5.07. The monoisotopic (exact) mass is 229 g/mol. The van der Waals surface area contributed by atoms with Crippen molar-refractivity contribution in [3.8, 4) is 0 Å². The van der Waals surface area contributed by atoms with Crippen LogP contribution in [0.25, 0.3) is 0 Å². The highest BCUT2D eigenvalue weighted by molar-refractivity contribution is 14.1. The second-order valence-corrected chi connectivity index (χ2v) is 2.09. The summed E-state index contributed by atoms with van der Waals surface area (Å²) >= 11 is 2.27. The molecule has 0 rings (SSSR count). The van der Waals surface area contributed by atoms with Gasteiger partial charge in [0.1, 0.15) is 0 Å². The fourth-order valence-corrected chi connectivity index (χ4v) is 0.737. The van der Waals surface area contributed by atoms with Crippen LogP contribution in [-0.4, -0.2) is 24.3 Å². The molecule has 0 saturated heterocycles. The molecule has 0 aliphatic carbocycles. The van der Waals surface area contributed by atoms with Gasteiger partial charge in [0.2, 0.25) is 0 Å². The summed E-state index contributed by atoms with van der Waals surface area (Å²) in [6.07, 6.45) is 0. The van der Waals surface area contributed by atoms with Gasteiger partial charge in [0.05, 0.1) is 6.61 Å². The van der Waals surface area contributed by atoms with E-state index in [1.54, 1.807) is 0 Å². The quantitative estimate of drug-likeness (QED) is 0.328. The molecule has 0 unspecified atom stereocenters. The largest absolute Gasteiger partial charge is 0.380 e. The highest BCUT2D eigenvalue weighted by atomic mass is 127. The topological polar surface area (TPSA) is 21.3 Å². The first kappa shape index (κ1) is 8.65. The zero-order chi connectivity index (χ0) is 6.24. The van der Waals surface area contributed by atoms with Crippen LogP contribution in [0, 0.1) is 0 Å². The summed E-state index contributed by atoms with van der Waals surface area (Å²) in [6, 6.07) is 0. The van der Waals surface area contributed by atoms with E-state index in [0.717, 1.165) is 24.3 Å². The maximum atomic E-state index is 5.07. The molecule has 0 spiro atoms. The van der Waals surface area contributed by atoms with E-state index in [9.17, 15) is 0 Å². The molecule has 0 radical (unpaired) electrons. The van der Waals surface area contributed by atoms with E-state index in [-0.39, 0.29) is 0 Å². The normalized spacial score (nSPS) is 9.75. The zero-order valence-electron chi connectivity index (χ0n) is 5.11. The average molecular weight is 229 g/mol. The van der Waals surface area contributed by atoms with Crippen LogP contribution in [0.15, 0.2) is 0 Å². The minimum absolute atomic E-state index is 0.822. The number of alkyl halides is 1. The van der Waals surface area contributed by atoms with Crippen LogP contribution in [0.1, 0.15) is 6.92 Å². The highest BCUT2D eigenvalue weighted by Gasteiger charge is 1.80. The van der Waals surface area contributed by atoms with Crippen molar-refractivity contribution in [1.29, 1.82) is 0 Å². The Morgan fingerprint density at radius 1 is 1.62 bits per heavy atom. The van der Waals surface area contributed by atoms with Crippen molar-refractivity contribution < 1.29 is 4.74 Å². The van der Waals surface area contributed by atoms with Gasteiger partial charge in [-0.2, -0.15) is 0 Å². The lowest BCUT2D eigenvalue weighted by molar-refractivity contribution is 0.150. The predicted octanol–water partition coefficient (Wildman–Crippen LogP) is 1.01. The molecule has 0 bridgehead atoms. The molecule has 50 valence electrons. The van der Waals surface area contributed by atoms with Crippen molar-refractivity contribution in [1.82, 2.24) is 5.32 Å². The lowest BCUT2D eigenvalue weighted by Crippen LogP contribution is -2.17. The number of halogens is 1. The van der Waals surface area contributed by atoms with Crippen molar-refractivity contribution in [2.75, 3.05) is 24.3 Å². The number of hydrogen-bond acceptors (Lipinski definition) is 2. The van der Waals surface area contributed by atoms with E-state index in [1.165, 1.54) is 0 Å². The van der Waals surface area contributed by atoms with Gasteiger partial charge in [-0.15, -0.1) is 0 Å². The first-order valence-electron chi connectivity index (χ1n) is 2.76. The van der Waals surface area contributed by atoms with Crippen molar-refractivity contribution in [2.45, 2.75) is 6.92 Å². The van der Waals surface area contributed by atoms with Crippen LogP contribution in [-0.2, 0) is 4.74 Å². The smallest absolute Gasteiger partial charge is 0.0591 e. The van der Waals surface area contributed by atoms with Gasteiger partial charge in [-0.1, -0.05) is 22.6 Å². The summed E-state index contributed by atoms with van der Waals surface area (Å²) in [5.74, 6) is 0. The van der Waals surface area contributed by atoms with Gasteiger partial charge in [-0.3, -0.25) is 0 Å². The number of ether oxygens (including phenoxy) is 1. The Hall–Kier alpha value is 0.650. The van der Waals surface area contributed by atoms with Crippen molar-refractivity contribution in [3.05, 3.63) is 0 Å². The summed E-state index contributed by atoms with van der Waals surface area (Å²) < 4.78 is 6.07. The second-order valence-electron chi connectivity index (χ2n) is 1.33.